The molecule has 0 aromatic heterocycles. The van der Waals surface area contributed by atoms with Crippen molar-refractivity contribution >= 4 is 11.6 Å². The van der Waals surface area contributed by atoms with E-state index in [-0.39, 0.29) is 0 Å². The van der Waals surface area contributed by atoms with Crippen LogP contribution in [0.3, 0.4) is 0 Å². The van der Waals surface area contributed by atoms with Gasteiger partial charge in [-0.25, -0.2) is 0 Å². The monoisotopic (exact) mass is 254 g/mol. The van der Waals surface area contributed by atoms with Gasteiger partial charge in [-0.1, -0.05) is 30.3 Å². The van der Waals surface area contributed by atoms with Crippen LogP contribution in [0.5, 0.6) is 11.5 Å². The molecule has 0 saturated heterocycles. The maximum atomic E-state index is 10.1. The Labute approximate surface area is 111 Å². The molecule has 96 valence electrons. The molecule has 0 amide bonds. The molecular weight excluding hydrogens is 240 g/mol. The Hall–Kier alpha value is -2.26. The minimum absolute atomic E-state index is 0.701. The van der Waals surface area contributed by atoms with Gasteiger partial charge in [-0.05, 0) is 29.8 Å². The highest BCUT2D eigenvalue weighted by molar-refractivity contribution is 5.86. The van der Waals surface area contributed by atoms with Crippen molar-refractivity contribution in [2.24, 2.45) is 0 Å². The Kier molecular flexibility index (Phi) is 2.97. The predicted molar refractivity (Wildman–Crippen MR) is 73.9 cm³/mol. The molecule has 1 aliphatic rings. The Balaban J connectivity index is 2.01. The molecule has 2 aromatic carbocycles. The second kappa shape index (κ2) is 4.78. The van der Waals surface area contributed by atoms with Crippen LogP contribution in [0.1, 0.15) is 11.1 Å². The normalized spacial score (nSPS) is 17.2. The highest BCUT2D eigenvalue weighted by atomic mass is 16.6. The smallest absolute Gasteiger partial charge is 0.224 e. The molecule has 3 heteroatoms. The molecule has 0 bridgehead atoms. The molecule has 1 aliphatic heterocycles. The third kappa shape index (κ3) is 2.20. The lowest BCUT2D eigenvalue weighted by Crippen LogP contribution is -2.20. The minimum atomic E-state index is -0.941. The van der Waals surface area contributed by atoms with Gasteiger partial charge in [0.25, 0.3) is 0 Å². The van der Waals surface area contributed by atoms with E-state index in [1.54, 1.807) is 7.11 Å². The van der Waals surface area contributed by atoms with E-state index in [4.69, 9.17) is 9.47 Å². The van der Waals surface area contributed by atoms with Gasteiger partial charge in [0.15, 0.2) is 0 Å². The van der Waals surface area contributed by atoms with Crippen LogP contribution in [0.25, 0.3) is 11.6 Å². The number of para-hydroxylation sites is 1. The average Bonchev–Trinajstić information content (AvgIpc) is 2.47. The van der Waals surface area contributed by atoms with Crippen molar-refractivity contribution in [3.8, 4) is 11.5 Å². The van der Waals surface area contributed by atoms with Gasteiger partial charge in [-0.3, -0.25) is 0 Å². The number of ether oxygens (including phenoxy) is 2. The lowest BCUT2D eigenvalue weighted by molar-refractivity contribution is 0.0320. The molecule has 0 saturated carbocycles. The highest BCUT2D eigenvalue weighted by Gasteiger charge is 2.21. The van der Waals surface area contributed by atoms with E-state index in [0.29, 0.717) is 5.75 Å². The number of aliphatic hydroxyl groups is 1. The van der Waals surface area contributed by atoms with Crippen LogP contribution in [0, 0.1) is 0 Å². The first kappa shape index (κ1) is 11.8. The van der Waals surface area contributed by atoms with Gasteiger partial charge < -0.3 is 14.6 Å². The molecule has 3 nitrogen and oxygen atoms in total. The number of benzene rings is 2. The first-order valence-corrected chi connectivity index (χ1v) is 6.08. The third-order valence-electron chi connectivity index (χ3n) is 3.16. The van der Waals surface area contributed by atoms with Crippen LogP contribution in [-0.2, 0) is 0 Å². The van der Waals surface area contributed by atoms with E-state index in [9.17, 15) is 5.11 Å². The van der Waals surface area contributed by atoms with Gasteiger partial charge in [-0.2, -0.15) is 0 Å². The van der Waals surface area contributed by atoms with Crippen LogP contribution in [0.2, 0.25) is 0 Å². The van der Waals surface area contributed by atoms with Gasteiger partial charge in [0, 0.05) is 11.1 Å². The van der Waals surface area contributed by atoms with Gasteiger partial charge >= 0.3 is 0 Å². The molecule has 0 radical (unpaired) electrons. The van der Waals surface area contributed by atoms with Crippen LogP contribution in [-0.4, -0.2) is 18.5 Å². The SMILES string of the molecule is COc1ccc(C2=Cc3ccccc3OC2O)cc1. The number of hydrogen-bond acceptors (Lipinski definition) is 3. The quantitative estimate of drug-likeness (QED) is 0.895. The summed E-state index contributed by atoms with van der Waals surface area (Å²) >= 11 is 0. The Morgan fingerprint density at radius 1 is 1.05 bits per heavy atom. The van der Waals surface area contributed by atoms with Crippen molar-refractivity contribution in [1.82, 2.24) is 0 Å². The summed E-state index contributed by atoms with van der Waals surface area (Å²) in [4.78, 5) is 0. The van der Waals surface area contributed by atoms with Crippen molar-refractivity contribution in [2.75, 3.05) is 7.11 Å². The van der Waals surface area contributed by atoms with E-state index in [0.717, 1.165) is 22.4 Å². The van der Waals surface area contributed by atoms with E-state index in [1.165, 1.54) is 0 Å². The number of rotatable bonds is 2. The summed E-state index contributed by atoms with van der Waals surface area (Å²) in [7, 11) is 1.63. The summed E-state index contributed by atoms with van der Waals surface area (Å²) in [6, 6.07) is 15.2. The Morgan fingerprint density at radius 3 is 2.53 bits per heavy atom. The van der Waals surface area contributed by atoms with Crippen molar-refractivity contribution in [3.05, 3.63) is 59.7 Å². The van der Waals surface area contributed by atoms with Crippen LogP contribution >= 0.6 is 0 Å². The number of methoxy groups -OCH3 is 1. The summed E-state index contributed by atoms with van der Waals surface area (Å²) < 4.78 is 10.6. The van der Waals surface area contributed by atoms with E-state index in [1.807, 2.05) is 54.6 Å². The van der Waals surface area contributed by atoms with Crippen LogP contribution in [0.4, 0.5) is 0 Å². The molecule has 1 heterocycles. The molecule has 3 rings (SSSR count). The number of fused-ring (bicyclic) bond motifs is 1. The Bertz CT molecular complexity index is 614. The van der Waals surface area contributed by atoms with Crippen molar-refractivity contribution in [3.63, 3.8) is 0 Å². The topological polar surface area (TPSA) is 38.7 Å². The van der Waals surface area contributed by atoms with Crippen molar-refractivity contribution in [1.29, 1.82) is 0 Å². The maximum absolute atomic E-state index is 10.1. The van der Waals surface area contributed by atoms with Gasteiger partial charge in [-0.15, -0.1) is 0 Å². The third-order valence-corrected chi connectivity index (χ3v) is 3.16. The zero-order valence-corrected chi connectivity index (χ0v) is 10.5. The summed E-state index contributed by atoms with van der Waals surface area (Å²) in [5, 5.41) is 10.1. The molecule has 0 aliphatic carbocycles. The molecule has 1 unspecified atom stereocenters. The molecule has 0 spiro atoms. The molecule has 19 heavy (non-hydrogen) atoms. The maximum Gasteiger partial charge on any atom is 0.224 e. The van der Waals surface area contributed by atoms with Crippen molar-refractivity contribution in [2.45, 2.75) is 6.29 Å². The first-order chi connectivity index (χ1) is 9.28. The standard InChI is InChI=1S/C16H14O3/c1-18-13-8-6-11(7-9-13)14-10-12-4-2-3-5-15(12)19-16(14)17/h2-10,16-17H,1H3. The fourth-order valence-corrected chi connectivity index (χ4v) is 2.14. The van der Waals surface area contributed by atoms with Gasteiger partial charge in [0.05, 0.1) is 7.11 Å². The average molecular weight is 254 g/mol. The zero-order valence-electron chi connectivity index (χ0n) is 10.5. The van der Waals surface area contributed by atoms with Gasteiger partial charge in [0.2, 0.25) is 6.29 Å². The highest BCUT2D eigenvalue weighted by Crippen LogP contribution is 2.33. The Morgan fingerprint density at radius 2 is 1.79 bits per heavy atom. The first-order valence-electron chi connectivity index (χ1n) is 6.08. The second-order valence-electron chi connectivity index (χ2n) is 4.34. The van der Waals surface area contributed by atoms with Gasteiger partial charge in [0.1, 0.15) is 11.5 Å². The summed E-state index contributed by atoms with van der Waals surface area (Å²) in [6.45, 7) is 0. The fraction of sp³-hybridized carbons (Fsp3) is 0.125. The molecule has 0 fully saturated rings. The second-order valence-corrected chi connectivity index (χ2v) is 4.34. The summed E-state index contributed by atoms with van der Waals surface area (Å²) in [6.07, 6.45) is 1.01. The molecule has 1 N–H and O–H groups in total. The fourth-order valence-electron chi connectivity index (χ4n) is 2.14. The number of aliphatic hydroxyl groups excluding tert-OH is 1. The van der Waals surface area contributed by atoms with Crippen LogP contribution in [0.15, 0.2) is 48.5 Å². The number of hydrogen-bond donors (Lipinski definition) is 1. The molecule has 2 aromatic rings. The van der Waals surface area contributed by atoms with E-state index in [2.05, 4.69) is 0 Å². The van der Waals surface area contributed by atoms with E-state index < -0.39 is 6.29 Å². The lowest BCUT2D eigenvalue weighted by Gasteiger charge is -2.23. The lowest BCUT2D eigenvalue weighted by atomic mass is 9.99. The summed E-state index contributed by atoms with van der Waals surface area (Å²) in [5.74, 6) is 1.49. The molecule has 1 atom stereocenters. The van der Waals surface area contributed by atoms with E-state index >= 15 is 0 Å². The summed E-state index contributed by atoms with van der Waals surface area (Å²) in [5.41, 5.74) is 2.64. The molecular formula is C16H14O3. The minimum Gasteiger partial charge on any atom is -0.497 e. The van der Waals surface area contributed by atoms with Crippen LogP contribution < -0.4 is 9.47 Å². The predicted octanol–water partition coefficient (Wildman–Crippen LogP) is 2.95. The zero-order chi connectivity index (χ0) is 13.2. The largest absolute Gasteiger partial charge is 0.497 e. The van der Waals surface area contributed by atoms with Crippen molar-refractivity contribution < 1.29 is 14.6 Å².